The molecule has 3 rings (SSSR count). The molecule has 2 aromatic rings. The van der Waals surface area contributed by atoms with Gasteiger partial charge in [0.1, 0.15) is 0 Å². The summed E-state index contributed by atoms with van der Waals surface area (Å²) in [5.74, 6) is 0.807. The molecule has 2 heteroatoms. The zero-order chi connectivity index (χ0) is 13.1. The van der Waals surface area contributed by atoms with Gasteiger partial charge in [0.2, 0.25) is 0 Å². The standard InChI is InChI=1S/C17H22N2/c1-13-5-6-15-3-2-4-17(16(15)11-13)19-12-14-7-9-18-10-8-14/h2-6,11,14,18-19H,7-10,12H2,1H3. The third kappa shape index (κ3) is 2.90. The highest BCUT2D eigenvalue weighted by atomic mass is 14.9. The smallest absolute Gasteiger partial charge is 0.0420 e. The van der Waals surface area contributed by atoms with Crippen molar-refractivity contribution in [2.24, 2.45) is 5.92 Å². The second kappa shape index (κ2) is 5.62. The predicted molar refractivity (Wildman–Crippen MR) is 82.8 cm³/mol. The number of piperidine rings is 1. The first-order valence-electron chi connectivity index (χ1n) is 7.27. The number of benzene rings is 2. The molecular weight excluding hydrogens is 232 g/mol. The third-order valence-electron chi connectivity index (χ3n) is 4.08. The first-order valence-corrected chi connectivity index (χ1v) is 7.27. The lowest BCUT2D eigenvalue weighted by Gasteiger charge is -2.23. The van der Waals surface area contributed by atoms with E-state index >= 15 is 0 Å². The molecule has 0 radical (unpaired) electrons. The van der Waals surface area contributed by atoms with E-state index in [-0.39, 0.29) is 0 Å². The van der Waals surface area contributed by atoms with Gasteiger partial charge in [0, 0.05) is 17.6 Å². The molecule has 1 aliphatic heterocycles. The molecule has 2 aromatic carbocycles. The lowest BCUT2D eigenvalue weighted by Crippen LogP contribution is -2.31. The molecule has 2 nitrogen and oxygen atoms in total. The number of rotatable bonds is 3. The summed E-state index contributed by atoms with van der Waals surface area (Å²) >= 11 is 0. The Morgan fingerprint density at radius 3 is 2.84 bits per heavy atom. The van der Waals surface area contributed by atoms with Crippen LogP contribution in [0.4, 0.5) is 5.69 Å². The molecule has 100 valence electrons. The van der Waals surface area contributed by atoms with E-state index in [1.165, 1.54) is 48.0 Å². The van der Waals surface area contributed by atoms with Crippen LogP contribution < -0.4 is 10.6 Å². The van der Waals surface area contributed by atoms with Crippen LogP contribution in [0.15, 0.2) is 36.4 Å². The Balaban J connectivity index is 1.78. The molecule has 0 aliphatic carbocycles. The van der Waals surface area contributed by atoms with Crippen molar-refractivity contribution < 1.29 is 0 Å². The molecule has 1 heterocycles. The summed E-state index contributed by atoms with van der Waals surface area (Å²) in [7, 11) is 0. The Morgan fingerprint density at radius 2 is 2.00 bits per heavy atom. The van der Waals surface area contributed by atoms with Gasteiger partial charge in [-0.25, -0.2) is 0 Å². The summed E-state index contributed by atoms with van der Waals surface area (Å²) in [6, 6.07) is 13.2. The number of fused-ring (bicyclic) bond motifs is 1. The average molecular weight is 254 g/mol. The van der Waals surface area contributed by atoms with Gasteiger partial charge in [0.05, 0.1) is 0 Å². The van der Waals surface area contributed by atoms with Crippen LogP contribution in [0, 0.1) is 12.8 Å². The van der Waals surface area contributed by atoms with Gasteiger partial charge in [0.25, 0.3) is 0 Å². The van der Waals surface area contributed by atoms with Crippen molar-refractivity contribution in [3.8, 4) is 0 Å². The maximum atomic E-state index is 3.66. The molecule has 0 aromatic heterocycles. The summed E-state index contributed by atoms with van der Waals surface area (Å²) in [6.45, 7) is 5.58. The molecule has 1 aliphatic rings. The van der Waals surface area contributed by atoms with E-state index < -0.39 is 0 Å². The molecule has 0 bridgehead atoms. The lowest BCUT2D eigenvalue weighted by molar-refractivity contribution is 0.390. The van der Waals surface area contributed by atoms with Gasteiger partial charge in [-0.05, 0) is 56.3 Å². The van der Waals surface area contributed by atoms with Crippen molar-refractivity contribution in [3.63, 3.8) is 0 Å². The molecule has 1 saturated heterocycles. The van der Waals surface area contributed by atoms with Crippen molar-refractivity contribution in [1.29, 1.82) is 0 Å². The number of hydrogen-bond acceptors (Lipinski definition) is 2. The highest BCUT2D eigenvalue weighted by Crippen LogP contribution is 2.25. The number of aryl methyl sites for hydroxylation is 1. The summed E-state index contributed by atoms with van der Waals surface area (Å²) < 4.78 is 0. The number of anilines is 1. The zero-order valence-corrected chi connectivity index (χ0v) is 11.6. The van der Waals surface area contributed by atoms with Crippen LogP contribution in [-0.2, 0) is 0 Å². The van der Waals surface area contributed by atoms with Crippen molar-refractivity contribution in [3.05, 3.63) is 42.0 Å². The summed E-state index contributed by atoms with van der Waals surface area (Å²) in [4.78, 5) is 0. The maximum Gasteiger partial charge on any atom is 0.0420 e. The van der Waals surface area contributed by atoms with E-state index in [0.717, 1.165) is 12.5 Å². The van der Waals surface area contributed by atoms with Crippen LogP contribution in [-0.4, -0.2) is 19.6 Å². The molecule has 0 amide bonds. The molecule has 0 atom stereocenters. The van der Waals surface area contributed by atoms with Gasteiger partial charge in [-0.1, -0.05) is 29.8 Å². The highest BCUT2D eigenvalue weighted by molar-refractivity contribution is 5.94. The lowest BCUT2D eigenvalue weighted by atomic mass is 9.98. The fourth-order valence-electron chi connectivity index (χ4n) is 2.88. The summed E-state index contributed by atoms with van der Waals surface area (Å²) in [5, 5.41) is 9.74. The van der Waals surface area contributed by atoms with Crippen molar-refractivity contribution in [2.45, 2.75) is 19.8 Å². The molecule has 19 heavy (non-hydrogen) atoms. The fourth-order valence-corrected chi connectivity index (χ4v) is 2.88. The predicted octanol–water partition coefficient (Wildman–Crippen LogP) is 3.56. The van der Waals surface area contributed by atoms with E-state index in [0.29, 0.717) is 0 Å². The SMILES string of the molecule is Cc1ccc2cccc(NCC3CCNCC3)c2c1. The first kappa shape index (κ1) is 12.5. The van der Waals surface area contributed by atoms with Crippen LogP contribution in [0.2, 0.25) is 0 Å². The van der Waals surface area contributed by atoms with Crippen molar-refractivity contribution >= 4 is 16.5 Å². The maximum absolute atomic E-state index is 3.66. The van der Waals surface area contributed by atoms with Crippen LogP contribution >= 0.6 is 0 Å². The second-order valence-corrected chi connectivity index (χ2v) is 5.60. The number of nitrogens with one attached hydrogen (secondary N) is 2. The normalized spacial score (nSPS) is 16.7. The van der Waals surface area contributed by atoms with Crippen LogP contribution in [0.5, 0.6) is 0 Å². The van der Waals surface area contributed by atoms with E-state index in [2.05, 4.69) is 54.0 Å². The Morgan fingerprint density at radius 1 is 1.16 bits per heavy atom. The van der Waals surface area contributed by atoms with Gasteiger partial charge in [-0.3, -0.25) is 0 Å². The van der Waals surface area contributed by atoms with E-state index in [1.54, 1.807) is 0 Å². The minimum Gasteiger partial charge on any atom is -0.384 e. The van der Waals surface area contributed by atoms with Crippen LogP contribution in [0.3, 0.4) is 0 Å². The Labute approximate surface area is 115 Å². The fraction of sp³-hybridized carbons (Fsp3) is 0.412. The number of hydrogen-bond donors (Lipinski definition) is 2. The third-order valence-corrected chi connectivity index (χ3v) is 4.08. The summed E-state index contributed by atoms with van der Waals surface area (Å²) in [6.07, 6.45) is 2.58. The van der Waals surface area contributed by atoms with E-state index in [1.807, 2.05) is 0 Å². The monoisotopic (exact) mass is 254 g/mol. The van der Waals surface area contributed by atoms with Gasteiger partial charge in [-0.15, -0.1) is 0 Å². The Bertz CT molecular complexity index is 556. The summed E-state index contributed by atoms with van der Waals surface area (Å²) in [5.41, 5.74) is 2.60. The van der Waals surface area contributed by atoms with Gasteiger partial charge in [-0.2, -0.15) is 0 Å². The molecule has 1 fully saturated rings. The minimum absolute atomic E-state index is 0.807. The zero-order valence-electron chi connectivity index (χ0n) is 11.6. The average Bonchev–Trinajstić information content (AvgIpc) is 2.46. The Hall–Kier alpha value is -1.54. The van der Waals surface area contributed by atoms with Gasteiger partial charge >= 0.3 is 0 Å². The quantitative estimate of drug-likeness (QED) is 0.875. The minimum atomic E-state index is 0.807. The molecule has 0 spiro atoms. The Kier molecular flexibility index (Phi) is 3.69. The van der Waals surface area contributed by atoms with Gasteiger partial charge < -0.3 is 10.6 Å². The molecular formula is C17H22N2. The van der Waals surface area contributed by atoms with Gasteiger partial charge in [0.15, 0.2) is 0 Å². The van der Waals surface area contributed by atoms with Crippen molar-refractivity contribution in [2.75, 3.05) is 25.0 Å². The second-order valence-electron chi connectivity index (χ2n) is 5.60. The van der Waals surface area contributed by atoms with E-state index in [9.17, 15) is 0 Å². The topological polar surface area (TPSA) is 24.1 Å². The highest BCUT2D eigenvalue weighted by Gasteiger charge is 2.12. The van der Waals surface area contributed by atoms with Crippen molar-refractivity contribution in [1.82, 2.24) is 5.32 Å². The largest absolute Gasteiger partial charge is 0.384 e. The van der Waals surface area contributed by atoms with Crippen LogP contribution in [0.25, 0.3) is 10.8 Å². The molecule has 0 saturated carbocycles. The molecule has 0 unspecified atom stereocenters. The van der Waals surface area contributed by atoms with E-state index in [4.69, 9.17) is 0 Å². The van der Waals surface area contributed by atoms with Crippen LogP contribution in [0.1, 0.15) is 18.4 Å². The molecule has 2 N–H and O–H groups in total. The first-order chi connectivity index (χ1) is 9.33.